The van der Waals surface area contributed by atoms with Gasteiger partial charge < -0.3 is 4.74 Å². The Morgan fingerprint density at radius 1 is 0.917 bits per heavy atom. The van der Waals surface area contributed by atoms with Gasteiger partial charge in [-0.1, -0.05) is 48.0 Å². The maximum Gasteiger partial charge on any atom is 0.363 e. The molecule has 0 saturated carbocycles. The Balaban J connectivity index is 1.42. The fourth-order valence-electron chi connectivity index (χ4n) is 4.34. The van der Waals surface area contributed by atoms with Gasteiger partial charge in [-0.05, 0) is 67.3 Å². The minimum Gasteiger partial charge on any atom is -0.451 e. The summed E-state index contributed by atoms with van der Waals surface area (Å²) < 4.78 is 6.77. The van der Waals surface area contributed by atoms with Gasteiger partial charge in [0.2, 0.25) is 11.1 Å². The first-order chi connectivity index (χ1) is 17.4. The number of nitrogens with zero attached hydrogens (tertiary/aromatic N) is 3. The van der Waals surface area contributed by atoms with Gasteiger partial charge in [0.05, 0.1) is 17.1 Å². The molecule has 4 aromatic rings. The Bertz CT molecular complexity index is 1480. The van der Waals surface area contributed by atoms with E-state index in [4.69, 9.17) is 16.3 Å². The van der Waals surface area contributed by atoms with E-state index >= 15 is 0 Å². The first kappa shape index (κ1) is 23.5. The molecule has 1 aliphatic heterocycles. The van der Waals surface area contributed by atoms with Crippen molar-refractivity contribution < 1.29 is 14.3 Å². The second-order valence-corrected chi connectivity index (χ2v) is 8.89. The summed E-state index contributed by atoms with van der Waals surface area (Å²) >= 11 is 5.96. The number of benzene rings is 3. The van der Waals surface area contributed by atoms with Gasteiger partial charge in [-0.15, -0.1) is 0 Å². The van der Waals surface area contributed by atoms with Crippen molar-refractivity contribution in [2.75, 3.05) is 11.5 Å². The molecule has 36 heavy (non-hydrogen) atoms. The highest BCUT2D eigenvalue weighted by Gasteiger charge is 2.27. The Labute approximate surface area is 212 Å². The van der Waals surface area contributed by atoms with Crippen LogP contribution in [0.3, 0.4) is 0 Å². The van der Waals surface area contributed by atoms with E-state index in [2.05, 4.69) is 5.10 Å². The van der Waals surface area contributed by atoms with Gasteiger partial charge in [-0.25, -0.2) is 9.48 Å². The first-order valence-electron chi connectivity index (χ1n) is 11.4. The zero-order valence-corrected chi connectivity index (χ0v) is 20.2. The molecule has 8 heteroatoms. The lowest BCUT2D eigenvalue weighted by atomic mass is 10.0. The van der Waals surface area contributed by atoms with Crippen molar-refractivity contribution in [2.24, 2.45) is 0 Å². The first-order valence-corrected chi connectivity index (χ1v) is 11.8. The maximum atomic E-state index is 13.4. The fourth-order valence-corrected chi connectivity index (χ4v) is 4.47. The highest BCUT2D eigenvalue weighted by atomic mass is 35.5. The molecule has 0 unspecified atom stereocenters. The van der Waals surface area contributed by atoms with Crippen LogP contribution < -0.4 is 10.3 Å². The molecule has 0 N–H and O–H groups in total. The van der Waals surface area contributed by atoms with E-state index in [9.17, 15) is 14.4 Å². The number of esters is 1. The number of rotatable bonds is 4. The molecular formula is C28H22ClN3O4. The van der Waals surface area contributed by atoms with Gasteiger partial charge in [0.15, 0.2) is 6.61 Å². The molecule has 180 valence electrons. The number of hydrogen-bond donors (Lipinski definition) is 0. The molecule has 1 amide bonds. The third-order valence-electron chi connectivity index (χ3n) is 6.08. The Morgan fingerprint density at radius 2 is 1.50 bits per heavy atom. The van der Waals surface area contributed by atoms with Gasteiger partial charge >= 0.3 is 5.97 Å². The van der Waals surface area contributed by atoms with Crippen LogP contribution in [0.25, 0.3) is 5.69 Å². The largest absolute Gasteiger partial charge is 0.451 e. The Morgan fingerprint density at radius 3 is 2.11 bits per heavy atom. The number of carbonyl (C=O) groups excluding carboxylic acids is 2. The molecule has 0 aliphatic carbocycles. The molecule has 2 heterocycles. The van der Waals surface area contributed by atoms with Gasteiger partial charge in [0, 0.05) is 16.8 Å². The molecule has 7 nitrogen and oxygen atoms in total. The topological polar surface area (TPSA) is 81.5 Å². The zero-order valence-electron chi connectivity index (χ0n) is 19.5. The second kappa shape index (κ2) is 9.79. The average Bonchev–Trinajstić information content (AvgIpc) is 3.05. The van der Waals surface area contributed by atoms with Gasteiger partial charge in [-0.3, -0.25) is 14.5 Å². The van der Waals surface area contributed by atoms with Crippen molar-refractivity contribution in [1.29, 1.82) is 0 Å². The van der Waals surface area contributed by atoms with Crippen LogP contribution in [0.15, 0.2) is 83.7 Å². The third kappa shape index (κ3) is 4.53. The molecule has 1 aliphatic rings. The molecule has 3 aromatic carbocycles. The summed E-state index contributed by atoms with van der Waals surface area (Å²) in [7, 11) is 0. The average molecular weight is 500 g/mol. The van der Waals surface area contributed by atoms with Gasteiger partial charge in [0.25, 0.3) is 5.91 Å². The maximum absolute atomic E-state index is 13.4. The highest BCUT2D eigenvalue weighted by Crippen LogP contribution is 2.36. The fraction of sp³-hybridized carbons (Fsp3) is 0.143. The summed E-state index contributed by atoms with van der Waals surface area (Å²) in [5.74, 6) is -1.39. The van der Waals surface area contributed by atoms with E-state index in [1.807, 2.05) is 48.5 Å². The quantitative estimate of drug-likeness (QED) is 0.376. The van der Waals surface area contributed by atoms with Crippen LogP contribution in [0.4, 0.5) is 11.4 Å². The Kier molecular flexibility index (Phi) is 6.40. The minimum absolute atomic E-state index is 0.403. The van der Waals surface area contributed by atoms with Crippen LogP contribution in [0.5, 0.6) is 0 Å². The molecular weight excluding hydrogens is 478 g/mol. The van der Waals surface area contributed by atoms with E-state index in [-0.39, 0.29) is 0 Å². The monoisotopic (exact) mass is 499 g/mol. The van der Waals surface area contributed by atoms with Crippen LogP contribution in [0.2, 0.25) is 5.02 Å². The number of aromatic nitrogens is 2. The van der Waals surface area contributed by atoms with Crippen molar-refractivity contribution in [3.8, 4) is 5.69 Å². The van der Waals surface area contributed by atoms with Crippen LogP contribution in [0.1, 0.15) is 27.3 Å². The highest BCUT2D eigenvalue weighted by molar-refractivity contribution is 6.30. The van der Waals surface area contributed by atoms with E-state index in [0.717, 1.165) is 35.3 Å². The van der Waals surface area contributed by atoms with E-state index in [0.29, 0.717) is 16.4 Å². The SMILES string of the molecule is Cc1cc(=O)c(C(=O)OCC(=O)N2c3ccccc3CCc3ccccc32)nn1-c1ccc(Cl)cc1. The summed E-state index contributed by atoms with van der Waals surface area (Å²) in [5.41, 5.74) is 3.73. The number of carbonyl (C=O) groups is 2. The molecule has 0 fully saturated rings. The molecule has 0 spiro atoms. The molecule has 0 bridgehead atoms. The predicted molar refractivity (Wildman–Crippen MR) is 137 cm³/mol. The summed E-state index contributed by atoms with van der Waals surface area (Å²) in [5, 5.41) is 4.76. The zero-order chi connectivity index (χ0) is 25.2. The second-order valence-electron chi connectivity index (χ2n) is 8.45. The lowest BCUT2D eigenvalue weighted by Gasteiger charge is -2.24. The van der Waals surface area contributed by atoms with Crippen LogP contribution in [-0.4, -0.2) is 28.3 Å². The number of para-hydroxylation sites is 2. The van der Waals surface area contributed by atoms with Gasteiger partial charge in [0.1, 0.15) is 0 Å². The van der Waals surface area contributed by atoms with Crippen molar-refractivity contribution in [3.63, 3.8) is 0 Å². The molecule has 1 aromatic heterocycles. The van der Waals surface area contributed by atoms with E-state index in [1.165, 1.54) is 10.7 Å². The number of fused-ring (bicyclic) bond motifs is 2. The number of halogens is 1. The normalized spacial score (nSPS) is 12.3. The Hall–Kier alpha value is -4.23. The van der Waals surface area contributed by atoms with Crippen molar-refractivity contribution in [1.82, 2.24) is 9.78 Å². The number of aryl methyl sites for hydroxylation is 3. The van der Waals surface area contributed by atoms with Crippen LogP contribution in [-0.2, 0) is 22.4 Å². The number of ether oxygens (including phenoxy) is 1. The molecule has 0 atom stereocenters. The standard InChI is InChI=1S/C28H22ClN3O4/c1-18-16-25(33)27(30-32(18)22-14-12-21(29)13-15-22)28(35)36-17-26(34)31-23-8-4-2-6-19(23)10-11-20-7-3-5-9-24(20)31/h2-9,12-16H,10-11,17H2,1H3. The minimum atomic E-state index is -0.965. The van der Waals surface area contributed by atoms with Crippen LogP contribution >= 0.6 is 11.6 Å². The molecule has 0 saturated heterocycles. The predicted octanol–water partition coefficient (Wildman–Crippen LogP) is 4.81. The lowest BCUT2D eigenvalue weighted by molar-refractivity contribution is -0.121. The van der Waals surface area contributed by atoms with Crippen molar-refractivity contribution >= 4 is 34.9 Å². The number of amides is 1. The summed E-state index contributed by atoms with van der Waals surface area (Å²) in [6, 6.07) is 23.5. The summed E-state index contributed by atoms with van der Waals surface area (Å²) in [4.78, 5) is 40.4. The van der Waals surface area contributed by atoms with E-state index in [1.54, 1.807) is 36.1 Å². The van der Waals surface area contributed by atoms with Crippen molar-refractivity contribution in [3.05, 3.63) is 117 Å². The van der Waals surface area contributed by atoms with Crippen molar-refractivity contribution in [2.45, 2.75) is 19.8 Å². The number of hydrogen-bond acceptors (Lipinski definition) is 5. The van der Waals surface area contributed by atoms with Gasteiger partial charge in [-0.2, -0.15) is 5.10 Å². The molecule has 0 radical (unpaired) electrons. The molecule has 5 rings (SSSR count). The number of anilines is 2. The lowest BCUT2D eigenvalue weighted by Crippen LogP contribution is -2.32. The third-order valence-corrected chi connectivity index (χ3v) is 6.33. The van der Waals surface area contributed by atoms with Crippen LogP contribution in [0, 0.1) is 6.92 Å². The van der Waals surface area contributed by atoms with E-state index < -0.39 is 29.6 Å². The summed E-state index contributed by atoms with van der Waals surface area (Å²) in [6.45, 7) is 1.16. The smallest absolute Gasteiger partial charge is 0.363 e. The summed E-state index contributed by atoms with van der Waals surface area (Å²) in [6.07, 6.45) is 1.57.